The first-order valence-corrected chi connectivity index (χ1v) is 10.8. The van der Waals surface area contributed by atoms with Crippen molar-refractivity contribution >= 4 is 40.2 Å². The van der Waals surface area contributed by atoms with Gasteiger partial charge in [-0.15, -0.1) is 0 Å². The lowest BCUT2D eigenvalue weighted by Crippen LogP contribution is -2.32. The molecule has 0 unspecified atom stereocenters. The van der Waals surface area contributed by atoms with Crippen LogP contribution in [0.25, 0.3) is 0 Å². The largest absolute Gasteiger partial charge is 0.489 e. The Morgan fingerprint density at radius 1 is 0.968 bits per heavy atom. The second kappa shape index (κ2) is 9.25. The Morgan fingerprint density at radius 2 is 1.65 bits per heavy atom. The standard InChI is InChI=1S/C24H17ClN2O3S/c25-19-9-11-20(12-10-19)27-23(28)22(31-24(27)29)13-16-5-3-4-8-21(16)30-15-18-7-2-1-6-17(18)14-26/h1-12,22H,13,15H2/t22-/m0/s1. The summed E-state index contributed by atoms with van der Waals surface area (Å²) in [4.78, 5) is 26.7. The predicted octanol–water partition coefficient (Wildman–Crippen LogP) is 5.60. The molecule has 0 spiro atoms. The van der Waals surface area contributed by atoms with Crippen LogP contribution in [0.4, 0.5) is 10.5 Å². The van der Waals surface area contributed by atoms with Crippen LogP contribution in [0.5, 0.6) is 5.75 Å². The third-order valence-corrected chi connectivity index (χ3v) is 6.19. The number of anilines is 1. The number of nitrogens with zero attached hydrogens (tertiary/aromatic N) is 2. The summed E-state index contributed by atoms with van der Waals surface area (Å²) in [5, 5.41) is 8.95. The predicted molar refractivity (Wildman–Crippen MR) is 121 cm³/mol. The number of nitriles is 1. The van der Waals surface area contributed by atoms with Crippen molar-refractivity contribution in [3.05, 3.63) is 94.5 Å². The Kier molecular flexibility index (Phi) is 6.26. The zero-order chi connectivity index (χ0) is 21.8. The number of benzene rings is 3. The van der Waals surface area contributed by atoms with Gasteiger partial charge in [0.05, 0.1) is 22.6 Å². The molecule has 1 aliphatic rings. The number of hydrogen-bond donors (Lipinski definition) is 0. The van der Waals surface area contributed by atoms with Crippen molar-refractivity contribution in [1.29, 1.82) is 5.26 Å². The SMILES string of the molecule is N#Cc1ccccc1COc1ccccc1C[C@@H]1SC(=O)N(c2ccc(Cl)cc2)C1=O. The van der Waals surface area contributed by atoms with Gasteiger partial charge in [0.25, 0.3) is 5.24 Å². The van der Waals surface area contributed by atoms with Crippen LogP contribution < -0.4 is 9.64 Å². The van der Waals surface area contributed by atoms with Crippen LogP contribution in [-0.4, -0.2) is 16.4 Å². The van der Waals surface area contributed by atoms with E-state index in [0.29, 0.717) is 28.4 Å². The molecule has 4 rings (SSSR count). The lowest BCUT2D eigenvalue weighted by atomic mass is 10.1. The van der Waals surface area contributed by atoms with E-state index in [1.165, 1.54) is 4.90 Å². The molecule has 1 fully saturated rings. The molecule has 3 aromatic rings. The Bertz CT molecular complexity index is 1170. The molecule has 5 nitrogen and oxygen atoms in total. The maximum Gasteiger partial charge on any atom is 0.293 e. The number of rotatable bonds is 6. The molecule has 1 atom stereocenters. The monoisotopic (exact) mass is 448 g/mol. The van der Waals surface area contributed by atoms with E-state index < -0.39 is 5.25 Å². The minimum absolute atomic E-state index is 0.238. The molecule has 1 heterocycles. The van der Waals surface area contributed by atoms with Crippen LogP contribution in [0.3, 0.4) is 0 Å². The van der Waals surface area contributed by atoms with Gasteiger partial charge in [0.15, 0.2) is 0 Å². The number of imide groups is 1. The summed E-state index contributed by atoms with van der Waals surface area (Å²) in [6, 6.07) is 23.5. The van der Waals surface area contributed by atoms with Gasteiger partial charge in [0, 0.05) is 10.6 Å². The zero-order valence-electron chi connectivity index (χ0n) is 16.3. The summed E-state index contributed by atoms with van der Waals surface area (Å²) in [5.41, 5.74) is 2.68. The van der Waals surface area contributed by atoms with Crippen LogP contribution in [-0.2, 0) is 17.8 Å². The van der Waals surface area contributed by atoms with Gasteiger partial charge in [-0.1, -0.05) is 59.8 Å². The maximum absolute atomic E-state index is 13.0. The number of carbonyl (C=O) groups excluding carboxylic acids is 2. The molecule has 0 aromatic heterocycles. The number of thioether (sulfide) groups is 1. The summed E-state index contributed by atoms with van der Waals surface area (Å²) in [6.45, 7) is 0.238. The third-order valence-electron chi connectivity index (χ3n) is 4.91. The smallest absolute Gasteiger partial charge is 0.293 e. The van der Waals surface area contributed by atoms with E-state index in [0.717, 1.165) is 22.9 Å². The van der Waals surface area contributed by atoms with E-state index in [2.05, 4.69) is 6.07 Å². The van der Waals surface area contributed by atoms with Crippen molar-refractivity contribution in [2.45, 2.75) is 18.3 Å². The highest BCUT2D eigenvalue weighted by molar-refractivity contribution is 8.15. The molecule has 31 heavy (non-hydrogen) atoms. The van der Waals surface area contributed by atoms with Gasteiger partial charge in [-0.25, -0.2) is 4.90 Å². The lowest BCUT2D eigenvalue weighted by molar-refractivity contribution is -0.117. The highest BCUT2D eigenvalue weighted by atomic mass is 35.5. The van der Waals surface area contributed by atoms with Gasteiger partial charge in [-0.2, -0.15) is 5.26 Å². The minimum atomic E-state index is -0.542. The molecule has 7 heteroatoms. The topological polar surface area (TPSA) is 70.4 Å². The summed E-state index contributed by atoms with van der Waals surface area (Å²) in [5.74, 6) is 0.364. The second-order valence-electron chi connectivity index (χ2n) is 6.89. The van der Waals surface area contributed by atoms with E-state index in [1.54, 1.807) is 30.3 Å². The van der Waals surface area contributed by atoms with Gasteiger partial charge in [-0.05, 0) is 48.4 Å². The quantitative estimate of drug-likeness (QED) is 0.490. The van der Waals surface area contributed by atoms with E-state index in [9.17, 15) is 14.9 Å². The molecule has 0 radical (unpaired) electrons. The second-order valence-corrected chi connectivity index (χ2v) is 8.48. The fourth-order valence-corrected chi connectivity index (χ4v) is 4.47. The minimum Gasteiger partial charge on any atom is -0.489 e. The Labute approximate surface area is 189 Å². The number of carbonyl (C=O) groups is 2. The van der Waals surface area contributed by atoms with Gasteiger partial charge in [-0.3, -0.25) is 9.59 Å². The van der Waals surface area contributed by atoms with E-state index in [-0.39, 0.29) is 17.8 Å². The molecule has 0 aliphatic carbocycles. The van der Waals surface area contributed by atoms with E-state index >= 15 is 0 Å². The average molecular weight is 449 g/mol. The summed E-state index contributed by atoms with van der Waals surface area (Å²) in [6.07, 6.45) is 0.357. The first-order chi connectivity index (χ1) is 15.1. The first-order valence-electron chi connectivity index (χ1n) is 9.55. The Balaban J connectivity index is 1.50. The molecule has 0 N–H and O–H groups in total. The third kappa shape index (κ3) is 4.58. The number of ether oxygens (including phenoxy) is 1. The van der Waals surface area contributed by atoms with Crippen molar-refractivity contribution in [1.82, 2.24) is 0 Å². The van der Waals surface area contributed by atoms with Crippen LogP contribution in [0, 0.1) is 11.3 Å². The van der Waals surface area contributed by atoms with Gasteiger partial charge < -0.3 is 4.74 Å². The summed E-state index contributed by atoms with van der Waals surface area (Å²) < 4.78 is 5.98. The average Bonchev–Trinajstić information content (AvgIpc) is 3.07. The number of halogens is 1. The number of hydrogen-bond acceptors (Lipinski definition) is 5. The van der Waals surface area contributed by atoms with Crippen molar-refractivity contribution in [3.63, 3.8) is 0 Å². The highest BCUT2D eigenvalue weighted by Gasteiger charge is 2.40. The molecular weight excluding hydrogens is 432 g/mol. The highest BCUT2D eigenvalue weighted by Crippen LogP contribution is 2.35. The summed E-state index contributed by atoms with van der Waals surface area (Å²) in [7, 11) is 0. The van der Waals surface area contributed by atoms with Crippen molar-refractivity contribution in [3.8, 4) is 11.8 Å². The van der Waals surface area contributed by atoms with Crippen LogP contribution in [0.15, 0.2) is 72.8 Å². The van der Waals surface area contributed by atoms with Crippen molar-refractivity contribution in [2.75, 3.05) is 4.90 Å². The maximum atomic E-state index is 13.0. The summed E-state index contributed by atoms with van der Waals surface area (Å²) >= 11 is 6.92. The fourth-order valence-electron chi connectivity index (χ4n) is 3.33. The van der Waals surface area contributed by atoms with Gasteiger partial charge >= 0.3 is 0 Å². The van der Waals surface area contributed by atoms with Crippen molar-refractivity contribution < 1.29 is 14.3 Å². The van der Waals surface area contributed by atoms with E-state index in [4.69, 9.17) is 16.3 Å². The van der Waals surface area contributed by atoms with Crippen LogP contribution in [0.1, 0.15) is 16.7 Å². The fraction of sp³-hybridized carbons (Fsp3) is 0.125. The molecule has 1 aliphatic heterocycles. The van der Waals surface area contributed by atoms with Crippen LogP contribution >= 0.6 is 23.4 Å². The normalized spacial score (nSPS) is 15.7. The number of para-hydroxylation sites is 1. The molecule has 3 aromatic carbocycles. The first kappa shape index (κ1) is 21.0. The Hall–Kier alpha value is -3.27. The molecule has 154 valence electrons. The molecule has 1 saturated heterocycles. The lowest BCUT2D eigenvalue weighted by Gasteiger charge is -2.15. The molecule has 0 saturated carbocycles. The van der Waals surface area contributed by atoms with Crippen molar-refractivity contribution in [2.24, 2.45) is 0 Å². The Morgan fingerprint density at radius 3 is 2.39 bits per heavy atom. The van der Waals surface area contributed by atoms with Crippen LogP contribution in [0.2, 0.25) is 5.02 Å². The van der Waals surface area contributed by atoms with Gasteiger partial charge in [0.2, 0.25) is 5.91 Å². The number of amides is 2. The molecular formula is C24H17ClN2O3S. The van der Waals surface area contributed by atoms with Gasteiger partial charge in [0.1, 0.15) is 12.4 Å². The van der Waals surface area contributed by atoms with E-state index in [1.807, 2.05) is 42.5 Å². The molecule has 0 bridgehead atoms. The molecule has 2 amide bonds. The zero-order valence-corrected chi connectivity index (χ0v) is 17.9.